The summed E-state index contributed by atoms with van der Waals surface area (Å²) < 4.78 is 10.5. The molecule has 1 aromatic rings. The number of benzene rings is 1. The molecular weight excluding hydrogens is 244 g/mol. The van der Waals surface area contributed by atoms with E-state index in [2.05, 4.69) is 5.32 Å². The summed E-state index contributed by atoms with van der Waals surface area (Å²) in [7, 11) is 1.60. The number of nitrogens with two attached hydrogens (primary N) is 1. The molecule has 0 bridgehead atoms. The minimum Gasteiger partial charge on any atom is -0.483 e. The molecule has 0 heterocycles. The summed E-state index contributed by atoms with van der Waals surface area (Å²) in [5.41, 5.74) is 7.54. The molecule has 0 saturated heterocycles. The lowest BCUT2D eigenvalue weighted by molar-refractivity contribution is -0.124. The first-order valence-electron chi connectivity index (χ1n) is 6.27. The minimum atomic E-state index is -0.165. The third-order valence-corrected chi connectivity index (χ3v) is 2.67. The van der Waals surface area contributed by atoms with Crippen molar-refractivity contribution in [1.29, 1.82) is 0 Å². The standard InChI is InChI=1S/C14H22N2O3/c1-10-4-5-12(7-15)6-13(10)19-9-14(17)16-11(2)8-18-3/h4-6,11H,7-9,15H2,1-3H3,(H,16,17). The molecule has 1 atom stereocenters. The smallest absolute Gasteiger partial charge is 0.258 e. The van der Waals surface area contributed by atoms with E-state index in [0.29, 0.717) is 18.9 Å². The lowest BCUT2D eigenvalue weighted by Gasteiger charge is -2.14. The summed E-state index contributed by atoms with van der Waals surface area (Å²) in [6, 6.07) is 5.71. The zero-order valence-electron chi connectivity index (χ0n) is 11.7. The van der Waals surface area contributed by atoms with E-state index in [-0.39, 0.29) is 18.6 Å². The zero-order valence-corrected chi connectivity index (χ0v) is 11.7. The number of ether oxygens (including phenoxy) is 2. The van der Waals surface area contributed by atoms with Crippen molar-refractivity contribution in [1.82, 2.24) is 5.32 Å². The van der Waals surface area contributed by atoms with Crippen LogP contribution in [0.5, 0.6) is 5.75 Å². The number of carbonyl (C=O) groups excluding carboxylic acids is 1. The first kappa shape index (κ1) is 15.5. The van der Waals surface area contributed by atoms with Crippen molar-refractivity contribution in [3.8, 4) is 5.75 Å². The van der Waals surface area contributed by atoms with Crippen molar-refractivity contribution in [2.45, 2.75) is 26.4 Å². The van der Waals surface area contributed by atoms with Crippen molar-refractivity contribution in [3.63, 3.8) is 0 Å². The second kappa shape index (κ2) is 7.76. The first-order valence-corrected chi connectivity index (χ1v) is 6.27. The molecule has 1 amide bonds. The quantitative estimate of drug-likeness (QED) is 0.771. The van der Waals surface area contributed by atoms with E-state index in [1.807, 2.05) is 32.0 Å². The molecule has 3 N–H and O–H groups in total. The van der Waals surface area contributed by atoms with Gasteiger partial charge in [-0.3, -0.25) is 4.79 Å². The van der Waals surface area contributed by atoms with Gasteiger partial charge in [0.05, 0.1) is 6.61 Å². The fourth-order valence-electron chi connectivity index (χ4n) is 1.68. The Labute approximate surface area is 114 Å². The molecular formula is C14H22N2O3. The highest BCUT2D eigenvalue weighted by molar-refractivity contribution is 5.77. The SMILES string of the molecule is COCC(C)NC(=O)COc1cc(CN)ccc1C. The van der Waals surface area contributed by atoms with Gasteiger partial charge < -0.3 is 20.5 Å². The minimum absolute atomic E-state index is 0.0110. The van der Waals surface area contributed by atoms with Gasteiger partial charge in [0.15, 0.2) is 6.61 Å². The summed E-state index contributed by atoms with van der Waals surface area (Å²) in [6.45, 7) is 4.73. The van der Waals surface area contributed by atoms with Crippen LogP contribution in [-0.2, 0) is 16.1 Å². The topological polar surface area (TPSA) is 73.6 Å². The number of hydrogen-bond donors (Lipinski definition) is 2. The first-order chi connectivity index (χ1) is 9.06. The number of aryl methyl sites for hydroxylation is 1. The molecule has 0 fully saturated rings. The summed E-state index contributed by atoms with van der Waals surface area (Å²) >= 11 is 0. The molecule has 1 rings (SSSR count). The van der Waals surface area contributed by atoms with Gasteiger partial charge in [-0.05, 0) is 31.0 Å². The fourth-order valence-corrected chi connectivity index (χ4v) is 1.68. The van der Waals surface area contributed by atoms with Crippen LogP contribution in [0, 0.1) is 6.92 Å². The van der Waals surface area contributed by atoms with Gasteiger partial charge in [0.1, 0.15) is 5.75 Å². The van der Waals surface area contributed by atoms with Gasteiger partial charge in [-0.2, -0.15) is 0 Å². The van der Waals surface area contributed by atoms with E-state index in [4.69, 9.17) is 15.2 Å². The average Bonchev–Trinajstić information content (AvgIpc) is 2.38. The van der Waals surface area contributed by atoms with Crippen molar-refractivity contribution in [2.75, 3.05) is 20.3 Å². The Balaban J connectivity index is 2.50. The molecule has 0 saturated carbocycles. The molecule has 0 aliphatic heterocycles. The Morgan fingerprint density at radius 2 is 2.21 bits per heavy atom. The molecule has 106 valence electrons. The van der Waals surface area contributed by atoms with E-state index in [1.54, 1.807) is 7.11 Å². The van der Waals surface area contributed by atoms with Crippen LogP contribution in [0.25, 0.3) is 0 Å². The monoisotopic (exact) mass is 266 g/mol. The largest absolute Gasteiger partial charge is 0.483 e. The Kier molecular flexibility index (Phi) is 6.32. The number of nitrogens with one attached hydrogen (secondary N) is 1. The van der Waals surface area contributed by atoms with Gasteiger partial charge in [-0.15, -0.1) is 0 Å². The van der Waals surface area contributed by atoms with Gasteiger partial charge in [-0.1, -0.05) is 12.1 Å². The maximum absolute atomic E-state index is 11.7. The summed E-state index contributed by atoms with van der Waals surface area (Å²) in [5, 5.41) is 2.79. The van der Waals surface area contributed by atoms with E-state index >= 15 is 0 Å². The molecule has 19 heavy (non-hydrogen) atoms. The zero-order chi connectivity index (χ0) is 14.3. The normalized spacial score (nSPS) is 12.0. The van der Waals surface area contributed by atoms with Gasteiger partial charge >= 0.3 is 0 Å². The van der Waals surface area contributed by atoms with E-state index in [0.717, 1.165) is 11.1 Å². The van der Waals surface area contributed by atoms with Crippen LogP contribution < -0.4 is 15.8 Å². The van der Waals surface area contributed by atoms with Crippen molar-refractivity contribution >= 4 is 5.91 Å². The highest BCUT2D eigenvalue weighted by atomic mass is 16.5. The number of amides is 1. The van der Waals surface area contributed by atoms with E-state index < -0.39 is 0 Å². The molecule has 0 radical (unpaired) electrons. The van der Waals surface area contributed by atoms with Crippen LogP contribution in [0.2, 0.25) is 0 Å². The molecule has 5 heteroatoms. The predicted molar refractivity (Wildman–Crippen MR) is 74.0 cm³/mol. The molecule has 0 aromatic heterocycles. The lowest BCUT2D eigenvalue weighted by Crippen LogP contribution is -2.38. The average molecular weight is 266 g/mol. The van der Waals surface area contributed by atoms with Crippen LogP contribution in [0.1, 0.15) is 18.1 Å². The molecule has 1 aromatic carbocycles. The second-order valence-corrected chi connectivity index (χ2v) is 4.52. The number of carbonyl (C=O) groups is 1. The highest BCUT2D eigenvalue weighted by Gasteiger charge is 2.09. The van der Waals surface area contributed by atoms with Crippen molar-refractivity contribution in [2.24, 2.45) is 5.73 Å². The highest BCUT2D eigenvalue weighted by Crippen LogP contribution is 2.19. The number of methoxy groups -OCH3 is 1. The fraction of sp³-hybridized carbons (Fsp3) is 0.500. The van der Waals surface area contributed by atoms with Crippen LogP contribution in [0.4, 0.5) is 0 Å². The summed E-state index contributed by atoms with van der Waals surface area (Å²) in [6.07, 6.45) is 0. The maximum atomic E-state index is 11.7. The molecule has 5 nitrogen and oxygen atoms in total. The number of hydrogen-bond acceptors (Lipinski definition) is 4. The van der Waals surface area contributed by atoms with E-state index in [9.17, 15) is 4.79 Å². The molecule has 0 spiro atoms. The Hall–Kier alpha value is -1.59. The van der Waals surface area contributed by atoms with Gasteiger partial charge in [0, 0.05) is 19.7 Å². The van der Waals surface area contributed by atoms with Crippen LogP contribution in [0.15, 0.2) is 18.2 Å². The Morgan fingerprint density at radius 3 is 2.84 bits per heavy atom. The molecule has 0 aliphatic carbocycles. The summed E-state index contributed by atoms with van der Waals surface area (Å²) in [5.74, 6) is 0.527. The third-order valence-electron chi connectivity index (χ3n) is 2.67. The van der Waals surface area contributed by atoms with Gasteiger partial charge in [0.2, 0.25) is 0 Å². The van der Waals surface area contributed by atoms with Crippen molar-refractivity contribution in [3.05, 3.63) is 29.3 Å². The molecule has 0 aliphatic rings. The van der Waals surface area contributed by atoms with Crippen LogP contribution in [-0.4, -0.2) is 32.3 Å². The predicted octanol–water partition coefficient (Wildman–Crippen LogP) is 0.984. The third kappa shape index (κ3) is 5.28. The van der Waals surface area contributed by atoms with Crippen molar-refractivity contribution < 1.29 is 14.3 Å². The molecule has 1 unspecified atom stereocenters. The maximum Gasteiger partial charge on any atom is 0.258 e. The van der Waals surface area contributed by atoms with Gasteiger partial charge in [0.25, 0.3) is 5.91 Å². The second-order valence-electron chi connectivity index (χ2n) is 4.52. The van der Waals surface area contributed by atoms with Crippen LogP contribution in [0.3, 0.4) is 0 Å². The summed E-state index contributed by atoms with van der Waals surface area (Å²) in [4.78, 5) is 11.7. The Morgan fingerprint density at radius 1 is 1.47 bits per heavy atom. The number of rotatable bonds is 7. The van der Waals surface area contributed by atoms with E-state index in [1.165, 1.54) is 0 Å². The lowest BCUT2D eigenvalue weighted by atomic mass is 10.1. The van der Waals surface area contributed by atoms with Gasteiger partial charge in [-0.25, -0.2) is 0 Å². The Bertz CT molecular complexity index is 421. The van der Waals surface area contributed by atoms with Crippen LogP contribution >= 0.6 is 0 Å².